The zero-order chi connectivity index (χ0) is 14.7. The number of nitrogens with two attached hydrogens (primary N) is 2. The molecule has 0 atom stereocenters. The van der Waals surface area contributed by atoms with E-state index in [2.05, 4.69) is 29.9 Å². The number of anilines is 2. The summed E-state index contributed by atoms with van der Waals surface area (Å²) in [4.78, 5) is 39.6. The van der Waals surface area contributed by atoms with Gasteiger partial charge < -0.3 is 21.4 Å². The van der Waals surface area contributed by atoms with Crippen LogP contribution in [0.25, 0.3) is 11.2 Å². The van der Waals surface area contributed by atoms with Gasteiger partial charge in [0.05, 0.1) is 6.33 Å². The lowest BCUT2D eigenvalue weighted by Gasteiger charge is -1.94. The summed E-state index contributed by atoms with van der Waals surface area (Å²) in [5.74, 6) is 0.465. The van der Waals surface area contributed by atoms with Crippen LogP contribution < -0.4 is 22.7 Å². The van der Waals surface area contributed by atoms with Crippen LogP contribution in [0.4, 0.5) is 11.8 Å². The number of nitrogens with one attached hydrogen (secondary N) is 3. The summed E-state index contributed by atoms with van der Waals surface area (Å²) < 4.78 is 0. The largest absolute Gasteiger partial charge is 0.382 e. The quantitative estimate of drug-likeness (QED) is 0.346. The highest BCUT2D eigenvalue weighted by Crippen LogP contribution is 2.12. The van der Waals surface area contributed by atoms with E-state index in [9.17, 15) is 9.59 Å². The molecule has 0 saturated heterocycles. The number of H-pyrrole nitrogens is 3. The number of imidazole rings is 1. The van der Waals surface area contributed by atoms with E-state index in [4.69, 9.17) is 11.5 Å². The van der Waals surface area contributed by atoms with Crippen molar-refractivity contribution in [2.24, 2.45) is 0 Å². The summed E-state index contributed by atoms with van der Waals surface area (Å²) in [6.07, 6.45) is 2.87. The van der Waals surface area contributed by atoms with Gasteiger partial charge in [0.2, 0.25) is 5.95 Å². The first-order valence-corrected chi connectivity index (χ1v) is 5.48. The van der Waals surface area contributed by atoms with Gasteiger partial charge in [0, 0.05) is 11.8 Å². The predicted molar refractivity (Wildman–Crippen MR) is 72.9 cm³/mol. The van der Waals surface area contributed by atoms with Crippen LogP contribution in [-0.4, -0.2) is 29.9 Å². The second-order valence-electron chi connectivity index (χ2n) is 3.82. The van der Waals surface area contributed by atoms with Crippen molar-refractivity contribution < 1.29 is 0 Å². The summed E-state index contributed by atoms with van der Waals surface area (Å²) in [5.41, 5.74) is 11.7. The van der Waals surface area contributed by atoms with E-state index in [0.717, 1.165) is 0 Å². The summed E-state index contributed by atoms with van der Waals surface area (Å²) in [5, 5.41) is 0. The summed E-state index contributed by atoms with van der Waals surface area (Å²) in [7, 11) is 0. The van der Waals surface area contributed by atoms with Crippen molar-refractivity contribution in [1.82, 2.24) is 29.9 Å². The molecule has 3 aromatic rings. The fourth-order valence-corrected chi connectivity index (χ4v) is 1.35. The molecule has 3 heterocycles. The van der Waals surface area contributed by atoms with E-state index in [0.29, 0.717) is 22.5 Å². The van der Waals surface area contributed by atoms with E-state index in [-0.39, 0.29) is 11.5 Å². The van der Waals surface area contributed by atoms with Crippen molar-refractivity contribution in [2.45, 2.75) is 6.92 Å². The number of aryl methyl sites for hydroxylation is 1. The molecule has 0 saturated carbocycles. The molecule has 0 bridgehead atoms. The molecule has 0 fully saturated rings. The van der Waals surface area contributed by atoms with Crippen LogP contribution in [-0.2, 0) is 0 Å². The molecule has 7 N–H and O–H groups in total. The Morgan fingerprint density at radius 2 is 1.90 bits per heavy atom. The van der Waals surface area contributed by atoms with Gasteiger partial charge in [-0.25, -0.2) is 9.78 Å². The maximum atomic E-state index is 10.6. The Hall–Kier alpha value is -3.17. The maximum Gasteiger partial charge on any atom is 0.325 e. The van der Waals surface area contributed by atoms with Gasteiger partial charge in [-0.15, -0.1) is 0 Å². The Balaban J connectivity index is 0.000000151. The van der Waals surface area contributed by atoms with Gasteiger partial charge in [0.25, 0.3) is 5.56 Å². The molecule has 0 aliphatic carbocycles. The molecule has 3 aromatic heterocycles. The van der Waals surface area contributed by atoms with Crippen LogP contribution in [0.3, 0.4) is 0 Å². The van der Waals surface area contributed by atoms with Crippen molar-refractivity contribution in [3.63, 3.8) is 0 Å². The second kappa shape index (κ2) is 5.22. The molecule has 10 nitrogen and oxygen atoms in total. The van der Waals surface area contributed by atoms with Gasteiger partial charge in [-0.2, -0.15) is 9.97 Å². The van der Waals surface area contributed by atoms with E-state index in [1.807, 2.05) is 0 Å². The molecule has 10 heteroatoms. The third kappa shape index (κ3) is 2.80. The number of fused-ring (bicyclic) bond motifs is 1. The lowest BCUT2D eigenvalue weighted by molar-refractivity contribution is 1.01. The van der Waals surface area contributed by atoms with E-state index < -0.39 is 5.69 Å². The molecule has 3 rings (SSSR count). The molecule has 0 aliphatic heterocycles. The van der Waals surface area contributed by atoms with Crippen molar-refractivity contribution in [1.29, 1.82) is 0 Å². The van der Waals surface area contributed by atoms with Gasteiger partial charge in [-0.05, 0) is 6.92 Å². The topological polar surface area (TPSA) is 172 Å². The van der Waals surface area contributed by atoms with Gasteiger partial charge in [-0.3, -0.25) is 9.78 Å². The minimum absolute atomic E-state index is 0.141. The van der Waals surface area contributed by atoms with Gasteiger partial charge in [0.15, 0.2) is 11.5 Å². The summed E-state index contributed by atoms with van der Waals surface area (Å²) >= 11 is 0. The normalized spacial score (nSPS) is 10.1. The zero-order valence-corrected chi connectivity index (χ0v) is 10.5. The molecule has 104 valence electrons. The first-order chi connectivity index (χ1) is 9.47. The third-order valence-corrected chi connectivity index (χ3v) is 2.34. The van der Waals surface area contributed by atoms with Crippen molar-refractivity contribution >= 4 is 22.9 Å². The average molecular weight is 276 g/mol. The smallest absolute Gasteiger partial charge is 0.325 e. The second-order valence-corrected chi connectivity index (χ2v) is 3.82. The fraction of sp³-hybridized carbons (Fsp3) is 0.100. The number of hydrogen-bond acceptors (Lipinski definition) is 7. The average Bonchev–Trinajstić information content (AvgIpc) is 2.83. The molecule has 20 heavy (non-hydrogen) atoms. The number of aromatic amines is 3. The molecular formula is C10H12N8O2. The molecule has 0 unspecified atom stereocenters. The molecule has 0 spiro atoms. The molecular weight excluding hydrogens is 264 g/mol. The van der Waals surface area contributed by atoms with Crippen LogP contribution in [0.15, 0.2) is 22.1 Å². The van der Waals surface area contributed by atoms with Gasteiger partial charge in [0.1, 0.15) is 5.52 Å². The highest BCUT2D eigenvalue weighted by molar-refractivity contribution is 5.81. The maximum absolute atomic E-state index is 10.6. The highest BCUT2D eigenvalue weighted by Gasteiger charge is 2.03. The number of rotatable bonds is 0. The third-order valence-electron chi connectivity index (χ3n) is 2.34. The van der Waals surface area contributed by atoms with E-state index in [1.54, 1.807) is 6.92 Å². The Kier molecular flexibility index (Phi) is 3.46. The Labute approximate surface area is 111 Å². The highest BCUT2D eigenvalue weighted by atomic mass is 16.2. The minimum atomic E-state index is -0.467. The predicted octanol–water partition coefficient (Wildman–Crippen LogP) is -1.11. The Morgan fingerprint density at radius 1 is 1.15 bits per heavy atom. The van der Waals surface area contributed by atoms with Crippen molar-refractivity contribution in [3.05, 3.63) is 38.9 Å². The summed E-state index contributed by atoms with van der Waals surface area (Å²) in [6.45, 7) is 1.62. The minimum Gasteiger partial charge on any atom is -0.382 e. The number of hydrogen-bond donors (Lipinski definition) is 5. The Bertz CT molecular complexity index is 846. The summed E-state index contributed by atoms with van der Waals surface area (Å²) in [6, 6.07) is 0. The molecule has 0 amide bonds. The standard InChI is InChI=1S/C5H6N6.C5H6N2O2/c6-3-2-4(9-1-8-2)11-5(7)10-3;1-3-2-6-5(9)7-4(3)8/h1H,(H5,6,7,8,9,10,11);2H,1H3,(H2,6,7,8,9). The van der Waals surface area contributed by atoms with E-state index in [1.165, 1.54) is 12.5 Å². The number of aromatic nitrogens is 6. The SMILES string of the molecule is Cc1c[nH]c(=O)[nH]c1=O.Nc1nc(N)c2[nH]cnc2n1. The molecule has 0 radical (unpaired) electrons. The monoisotopic (exact) mass is 276 g/mol. The first-order valence-electron chi connectivity index (χ1n) is 5.48. The lowest BCUT2D eigenvalue weighted by Crippen LogP contribution is -2.22. The van der Waals surface area contributed by atoms with Crippen molar-refractivity contribution in [2.75, 3.05) is 11.5 Å². The van der Waals surface area contributed by atoms with Crippen LogP contribution in [0, 0.1) is 6.92 Å². The van der Waals surface area contributed by atoms with Crippen LogP contribution in [0.1, 0.15) is 5.56 Å². The van der Waals surface area contributed by atoms with Crippen LogP contribution in [0.5, 0.6) is 0 Å². The molecule has 0 aromatic carbocycles. The molecule has 0 aliphatic rings. The number of nitrogens with zero attached hydrogens (tertiary/aromatic N) is 3. The fourth-order valence-electron chi connectivity index (χ4n) is 1.35. The number of nitrogen functional groups attached to an aromatic ring is 2. The van der Waals surface area contributed by atoms with Gasteiger partial charge >= 0.3 is 5.69 Å². The van der Waals surface area contributed by atoms with Crippen molar-refractivity contribution in [3.8, 4) is 0 Å². The van der Waals surface area contributed by atoms with Crippen LogP contribution >= 0.6 is 0 Å². The Morgan fingerprint density at radius 3 is 2.55 bits per heavy atom. The van der Waals surface area contributed by atoms with E-state index >= 15 is 0 Å². The zero-order valence-electron chi connectivity index (χ0n) is 10.5. The van der Waals surface area contributed by atoms with Crippen LogP contribution in [0.2, 0.25) is 0 Å². The van der Waals surface area contributed by atoms with Gasteiger partial charge in [-0.1, -0.05) is 0 Å². The first kappa shape index (κ1) is 13.3. The lowest BCUT2D eigenvalue weighted by atomic mass is 10.4.